The van der Waals surface area contributed by atoms with Crippen molar-refractivity contribution in [3.63, 3.8) is 0 Å². The highest BCUT2D eigenvalue weighted by Gasteiger charge is 2.22. The molecule has 0 amide bonds. The van der Waals surface area contributed by atoms with Crippen LogP contribution < -0.4 is 5.73 Å². The molecule has 1 aliphatic carbocycles. The fourth-order valence-corrected chi connectivity index (χ4v) is 3.57. The smallest absolute Gasteiger partial charge is 0.198 e. The summed E-state index contributed by atoms with van der Waals surface area (Å²) in [6.07, 6.45) is 9.49. The van der Waals surface area contributed by atoms with E-state index < -0.39 is 5.54 Å². The number of aryl methyl sites for hydroxylation is 1. The zero-order chi connectivity index (χ0) is 17.6. The van der Waals surface area contributed by atoms with Gasteiger partial charge in [-0.2, -0.15) is 0 Å². The summed E-state index contributed by atoms with van der Waals surface area (Å²) in [7, 11) is 0. The van der Waals surface area contributed by atoms with E-state index in [2.05, 4.69) is 6.92 Å². The molecule has 1 heterocycles. The molecule has 3 N–H and O–H groups in total. The van der Waals surface area contributed by atoms with Gasteiger partial charge in [0.25, 0.3) is 0 Å². The maximum absolute atomic E-state index is 12.3. The second-order valence-corrected chi connectivity index (χ2v) is 7.92. The third kappa shape index (κ3) is 5.75. The van der Waals surface area contributed by atoms with Crippen molar-refractivity contribution in [1.82, 2.24) is 0 Å². The van der Waals surface area contributed by atoms with E-state index in [1.54, 1.807) is 6.07 Å². The highest BCUT2D eigenvalue weighted by atomic mass is 16.3. The van der Waals surface area contributed by atoms with E-state index in [1.807, 2.05) is 13.0 Å². The molecule has 4 nitrogen and oxygen atoms in total. The summed E-state index contributed by atoms with van der Waals surface area (Å²) in [6.45, 7) is 4.04. The van der Waals surface area contributed by atoms with Crippen LogP contribution in [0, 0.1) is 11.8 Å². The molecular weight excluding hydrogens is 302 g/mol. The summed E-state index contributed by atoms with van der Waals surface area (Å²) in [6, 6.07) is 3.63. The molecule has 24 heavy (non-hydrogen) atoms. The van der Waals surface area contributed by atoms with Gasteiger partial charge in [0.2, 0.25) is 0 Å². The Morgan fingerprint density at radius 2 is 2.08 bits per heavy atom. The average molecular weight is 335 g/mol. The average Bonchev–Trinajstić information content (AvgIpc) is 3.07. The highest BCUT2D eigenvalue weighted by molar-refractivity contribution is 5.93. The molecule has 0 aromatic carbocycles. The third-order valence-electron chi connectivity index (χ3n) is 5.52. The van der Waals surface area contributed by atoms with E-state index in [0.717, 1.165) is 18.1 Å². The van der Waals surface area contributed by atoms with E-state index in [1.165, 1.54) is 32.1 Å². The van der Waals surface area contributed by atoms with E-state index in [-0.39, 0.29) is 12.4 Å². The molecule has 1 aliphatic rings. The minimum absolute atomic E-state index is 0.0570. The van der Waals surface area contributed by atoms with Gasteiger partial charge in [-0.25, -0.2) is 0 Å². The van der Waals surface area contributed by atoms with Crippen LogP contribution in [0.5, 0.6) is 0 Å². The lowest BCUT2D eigenvalue weighted by molar-refractivity contribution is 0.0937. The molecule has 0 bridgehead atoms. The Morgan fingerprint density at radius 1 is 1.38 bits per heavy atom. The first-order chi connectivity index (χ1) is 11.4. The predicted molar refractivity (Wildman–Crippen MR) is 96.0 cm³/mol. The number of rotatable bonds is 9. The zero-order valence-corrected chi connectivity index (χ0v) is 15.2. The summed E-state index contributed by atoms with van der Waals surface area (Å²) >= 11 is 0. The number of carbonyl (C=O) groups excluding carboxylic acids is 1. The maximum Gasteiger partial charge on any atom is 0.198 e. The van der Waals surface area contributed by atoms with Gasteiger partial charge in [0.15, 0.2) is 11.5 Å². The molecule has 2 rings (SSSR count). The van der Waals surface area contributed by atoms with E-state index in [4.69, 9.17) is 10.2 Å². The van der Waals surface area contributed by atoms with Gasteiger partial charge in [0.05, 0.1) is 6.61 Å². The normalized spacial score (nSPS) is 19.8. The van der Waals surface area contributed by atoms with Crippen molar-refractivity contribution in [2.75, 3.05) is 6.61 Å². The van der Waals surface area contributed by atoms with Crippen LogP contribution in [0.3, 0.4) is 0 Å². The van der Waals surface area contributed by atoms with Crippen LogP contribution >= 0.6 is 0 Å². The van der Waals surface area contributed by atoms with Crippen molar-refractivity contribution in [1.29, 1.82) is 0 Å². The predicted octanol–water partition coefficient (Wildman–Crippen LogP) is 4.10. The molecule has 2 unspecified atom stereocenters. The monoisotopic (exact) mass is 335 g/mol. The van der Waals surface area contributed by atoms with Crippen molar-refractivity contribution in [2.24, 2.45) is 17.6 Å². The Labute approximate surface area is 145 Å². The number of nitrogens with two attached hydrogens (primary N) is 1. The van der Waals surface area contributed by atoms with Crippen molar-refractivity contribution >= 4 is 5.78 Å². The van der Waals surface area contributed by atoms with E-state index >= 15 is 0 Å². The molecule has 1 aromatic heterocycles. The number of aliphatic hydroxyl groups excluding tert-OH is 1. The number of hydrogen-bond acceptors (Lipinski definition) is 4. The van der Waals surface area contributed by atoms with Gasteiger partial charge in [-0.05, 0) is 43.7 Å². The summed E-state index contributed by atoms with van der Waals surface area (Å²) < 4.78 is 5.68. The lowest BCUT2D eigenvalue weighted by Crippen LogP contribution is -2.40. The molecule has 136 valence electrons. The summed E-state index contributed by atoms with van der Waals surface area (Å²) in [4.78, 5) is 12.3. The second-order valence-electron chi connectivity index (χ2n) is 7.92. The van der Waals surface area contributed by atoms with E-state index in [0.29, 0.717) is 30.9 Å². The molecule has 0 radical (unpaired) electrons. The first-order valence-corrected chi connectivity index (χ1v) is 9.43. The van der Waals surface area contributed by atoms with Crippen LogP contribution in [0.25, 0.3) is 0 Å². The molecule has 0 aliphatic heterocycles. The zero-order valence-electron chi connectivity index (χ0n) is 15.2. The molecule has 1 aromatic rings. The number of hydrogen-bond donors (Lipinski definition) is 2. The highest BCUT2D eigenvalue weighted by Crippen LogP contribution is 2.32. The minimum atomic E-state index is -0.605. The van der Waals surface area contributed by atoms with Crippen molar-refractivity contribution in [3.05, 3.63) is 23.7 Å². The van der Waals surface area contributed by atoms with Gasteiger partial charge in [0.1, 0.15) is 5.76 Å². The van der Waals surface area contributed by atoms with Gasteiger partial charge >= 0.3 is 0 Å². The summed E-state index contributed by atoms with van der Waals surface area (Å²) in [5.74, 6) is 2.74. The maximum atomic E-state index is 12.3. The van der Waals surface area contributed by atoms with Gasteiger partial charge < -0.3 is 15.3 Å². The van der Waals surface area contributed by atoms with Crippen LogP contribution in [0.2, 0.25) is 0 Å². The quantitative estimate of drug-likeness (QED) is 0.666. The number of aliphatic hydroxyl groups is 1. The number of ketones is 1. The summed E-state index contributed by atoms with van der Waals surface area (Å²) in [5, 5.41) is 9.19. The van der Waals surface area contributed by atoms with Gasteiger partial charge in [0, 0.05) is 18.4 Å². The first-order valence-electron chi connectivity index (χ1n) is 9.43. The Hall–Kier alpha value is -1.13. The van der Waals surface area contributed by atoms with Crippen molar-refractivity contribution < 1.29 is 14.3 Å². The third-order valence-corrected chi connectivity index (χ3v) is 5.52. The molecular formula is C20H33NO3. The van der Waals surface area contributed by atoms with Crippen LogP contribution in [-0.2, 0) is 6.42 Å². The van der Waals surface area contributed by atoms with Crippen LogP contribution in [0.1, 0.15) is 81.5 Å². The Kier molecular flexibility index (Phi) is 7.05. The Bertz CT molecular complexity index is 515. The van der Waals surface area contributed by atoms with Gasteiger partial charge in [-0.1, -0.05) is 39.0 Å². The fraction of sp³-hybridized carbons (Fsp3) is 0.750. The number of furan rings is 1. The minimum Gasteiger partial charge on any atom is -0.458 e. The summed E-state index contributed by atoms with van der Waals surface area (Å²) in [5.41, 5.74) is 5.32. The lowest BCUT2D eigenvalue weighted by Gasteiger charge is -2.27. The van der Waals surface area contributed by atoms with Crippen LogP contribution in [-0.4, -0.2) is 23.0 Å². The van der Waals surface area contributed by atoms with E-state index in [9.17, 15) is 9.90 Å². The lowest BCUT2D eigenvalue weighted by atomic mass is 9.79. The molecule has 1 fully saturated rings. The van der Waals surface area contributed by atoms with Crippen LogP contribution in [0.15, 0.2) is 16.5 Å². The number of Topliss-reactive ketones (excluding diaryl/α,β-unsaturated/α-hetero) is 1. The first kappa shape index (κ1) is 19.2. The van der Waals surface area contributed by atoms with Crippen molar-refractivity contribution in [2.45, 2.75) is 77.2 Å². The topological polar surface area (TPSA) is 76.5 Å². The largest absolute Gasteiger partial charge is 0.458 e. The van der Waals surface area contributed by atoms with Gasteiger partial charge in [-0.3, -0.25) is 4.79 Å². The Morgan fingerprint density at radius 3 is 2.75 bits per heavy atom. The molecule has 0 spiro atoms. The standard InChI is InChI=1S/C20H33NO3/c1-15(16-6-4-3-5-7-16)8-10-18(23)19-11-9-17(24-19)12-13-20(2,21)14-22/h9,11,15-16,22H,3-8,10,12-14,21H2,1-2H3. The molecule has 4 heteroatoms. The molecule has 1 saturated carbocycles. The number of carbonyl (C=O) groups is 1. The van der Waals surface area contributed by atoms with Gasteiger partial charge in [-0.15, -0.1) is 0 Å². The Balaban J connectivity index is 1.78. The van der Waals surface area contributed by atoms with Crippen molar-refractivity contribution in [3.8, 4) is 0 Å². The molecule has 2 atom stereocenters. The van der Waals surface area contributed by atoms with Crippen LogP contribution in [0.4, 0.5) is 0 Å². The SMILES string of the molecule is CC(CCC(=O)c1ccc(CCC(C)(N)CO)o1)C1CCCCC1. The molecule has 0 saturated heterocycles. The fourth-order valence-electron chi connectivity index (χ4n) is 3.57. The second kappa shape index (κ2) is 8.82.